The van der Waals surface area contributed by atoms with E-state index in [4.69, 9.17) is 4.74 Å². The van der Waals surface area contributed by atoms with E-state index in [2.05, 4.69) is 34.9 Å². The van der Waals surface area contributed by atoms with E-state index >= 15 is 0 Å². The second kappa shape index (κ2) is 8.37. The first-order valence-corrected chi connectivity index (χ1v) is 9.10. The SMILES string of the molecule is CC(C)(C)OC(=O)NCCC(=O)NCC1(c2ccccc2)CCCC1. The van der Waals surface area contributed by atoms with Crippen LogP contribution in [0.25, 0.3) is 0 Å². The van der Waals surface area contributed by atoms with Crippen molar-refractivity contribution in [1.29, 1.82) is 0 Å². The van der Waals surface area contributed by atoms with Crippen LogP contribution in [0.4, 0.5) is 4.79 Å². The Morgan fingerprint density at radius 2 is 1.72 bits per heavy atom. The van der Waals surface area contributed by atoms with E-state index in [1.165, 1.54) is 18.4 Å². The molecule has 1 aromatic carbocycles. The van der Waals surface area contributed by atoms with Crippen LogP contribution >= 0.6 is 0 Å². The van der Waals surface area contributed by atoms with E-state index in [0.717, 1.165) is 12.8 Å². The van der Waals surface area contributed by atoms with E-state index in [9.17, 15) is 9.59 Å². The molecule has 25 heavy (non-hydrogen) atoms. The molecule has 5 nitrogen and oxygen atoms in total. The summed E-state index contributed by atoms with van der Waals surface area (Å²) in [5.41, 5.74) is 0.825. The summed E-state index contributed by atoms with van der Waals surface area (Å²) in [6, 6.07) is 10.4. The first kappa shape index (κ1) is 19.3. The maximum atomic E-state index is 12.1. The number of hydrogen-bond acceptors (Lipinski definition) is 3. The molecule has 0 atom stereocenters. The minimum Gasteiger partial charge on any atom is -0.444 e. The third kappa shape index (κ3) is 6.07. The van der Waals surface area contributed by atoms with Crippen LogP contribution in [0.1, 0.15) is 58.4 Å². The van der Waals surface area contributed by atoms with E-state index in [-0.39, 0.29) is 24.3 Å². The summed E-state index contributed by atoms with van der Waals surface area (Å²) in [6.45, 7) is 6.36. The summed E-state index contributed by atoms with van der Waals surface area (Å²) in [5, 5.41) is 5.67. The predicted octanol–water partition coefficient (Wildman–Crippen LogP) is 3.53. The standard InChI is InChI=1S/C20H30N2O3/c1-19(2,3)25-18(24)21-14-11-17(23)22-15-20(12-7-8-13-20)16-9-5-4-6-10-16/h4-6,9-10H,7-8,11-15H2,1-3H3,(H,21,24)(H,22,23). The van der Waals surface area contributed by atoms with Crippen molar-refractivity contribution in [2.75, 3.05) is 13.1 Å². The van der Waals surface area contributed by atoms with Crippen molar-refractivity contribution in [2.45, 2.75) is 63.9 Å². The Morgan fingerprint density at radius 3 is 2.32 bits per heavy atom. The lowest BCUT2D eigenvalue weighted by molar-refractivity contribution is -0.121. The fourth-order valence-electron chi connectivity index (χ4n) is 3.36. The summed E-state index contributed by atoms with van der Waals surface area (Å²) in [4.78, 5) is 23.7. The van der Waals surface area contributed by atoms with Crippen molar-refractivity contribution < 1.29 is 14.3 Å². The van der Waals surface area contributed by atoms with Crippen LogP contribution < -0.4 is 10.6 Å². The average Bonchev–Trinajstić information content (AvgIpc) is 3.02. The summed E-state index contributed by atoms with van der Waals surface area (Å²) in [6.07, 6.45) is 4.37. The number of rotatable bonds is 6. The average molecular weight is 346 g/mol. The fraction of sp³-hybridized carbons (Fsp3) is 0.600. The Labute approximate surface area is 150 Å². The Morgan fingerprint density at radius 1 is 1.08 bits per heavy atom. The lowest BCUT2D eigenvalue weighted by Gasteiger charge is -2.30. The van der Waals surface area contributed by atoms with Crippen LogP contribution in [0.15, 0.2) is 30.3 Å². The molecule has 1 aliphatic carbocycles. The maximum Gasteiger partial charge on any atom is 0.407 e. The van der Waals surface area contributed by atoms with Gasteiger partial charge in [-0.25, -0.2) is 4.79 Å². The van der Waals surface area contributed by atoms with Crippen molar-refractivity contribution >= 4 is 12.0 Å². The first-order valence-electron chi connectivity index (χ1n) is 9.10. The molecule has 0 bridgehead atoms. The van der Waals surface area contributed by atoms with Crippen LogP contribution in [-0.4, -0.2) is 30.7 Å². The lowest BCUT2D eigenvalue weighted by Crippen LogP contribution is -2.40. The first-order chi connectivity index (χ1) is 11.8. The zero-order valence-corrected chi connectivity index (χ0v) is 15.6. The molecule has 1 saturated carbocycles. The van der Waals surface area contributed by atoms with Gasteiger partial charge in [0.05, 0.1) is 0 Å². The Bertz CT molecular complexity index is 572. The number of nitrogens with one attached hydrogen (secondary N) is 2. The number of carbonyl (C=O) groups excluding carboxylic acids is 2. The van der Waals surface area contributed by atoms with Gasteiger partial charge >= 0.3 is 6.09 Å². The number of ether oxygens (including phenoxy) is 1. The minimum absolute atomic E-state index is 0.0433. The zero-order valence-electron chi connectivity index (χ0n) is 15.6. The Balaban J connectivity index is 1.78. The van der Waals surface area contributed by atoms with E-state index in [1.807, 2.05) is 26.8 Å². The largest absolute Gasteiger partial charge is 0.444 e. The highest BCUT2D eigenvalue weighted by molar-refractivity contribution is 5.77. The summed E-state index contributed by atoms with van der Waals surface area (Å²) in [7, 11) is 0. The van der Waals surface area contributed by atoms with Gasteiger partial charge < -0.3 is 15.4 Å². The number of hydrogen-bond donors (Lipinski definition) is 2. The highest BCUT2D eigenvalue weighted by Gasteiger charge is 2.35. The molecular formula is C20H30N2O3. The molecule has 0 saturated heterocycles. The molecule has 138 valence electrons. The van der Waals surface area contributed by atoms with Gasteiger partial charge in [-0.15, -0.1) is 0 Å². The fourth-order valence-corrected chi connectivity index (χ4v) is 3.36. The van der Waals surface area contributed by atoms with Gasteiger partial charge in [-0.05, 0) is 39.2 Å². The van der Waals surface area contributed by atoms with E-state index in [0.29, 0.717) is 6.54 Å². The van der Waals surface area contributed by atoms with Gasteiger partial charge in [0.15, 0.2) is 0 Å². The molecule has 2 N–H and O–H groups in total. The van der Waals surface area contributed by atoms with Crippen molar-refractivity contribution in [3.05, 3.63) is 35.9 Å². The maximum absolute atomic E-state index is 12.1. The van der Waals surface area contributed by atoms with Crippen LogP contribution in [0.3, 0.4) is 0 Å². The molecular weight excluding hydrogens is 316 g/mol. The van der Waals surface area contributed by atoms with Gasteiger partial charge in [0.2, 0.25) is 5.91 Å². The van der Waals surface area contributed by atoms with Gasteiger partial charge in [-0.2, -0.15) is 0 Å². The second-order valence-electron chi connectivity index (χ2n) is 7.81. The smallest absolute Gasteiger partial charge is 0.407 e. The molecule has 1 aliphatic rings. The molecule has 0 unspecified atom stereocenters. The Hall–Kier alpha value is -2.04. The molecule has 0 radical (unpaired) electrons. The number of alkyl carbamates (subject to hydrolysis) is 1. The summed E-state index contributed by atoms with van der Waals surface area (Å²) >= 11 is 0. The molecule has 2 rings (SSSR count). The normalized spacial score (nSPS) is 16.3. The van der Waals surface area contributed by atoms with Gasteiger partial charge in [0.1, 0.15) is 5.60 Å². The lowest BCUT2D eigenvalue weighted by atomic mass is 9.79. The molecule has 1 aromatic rings. The second-order valence-corrected chi connectivity index (χ2v) is 7.81. The summed E-state index contributed by atoms with van der Waals surface area (Å²) in [5.74, 6) is -0.0433. The highest BCUT2D eigenvalue weighted by Crippen LogP contribution is 2.40. The molecule has 0 spiro atoms. The van der Waals surface area contributed by atoms with Crippen molar-refractivity contribution in [1.82, 2.24) is 10.6 Å². The van der Waals surface area contributed by atoms with E-state index in [1.54, 1.807) is 0 Å². The monoisotopic (exact) mass is 346 g/mol. The predicted molar refractivity (Wildman–Crippen MR) is 98.5 cm³/mol. The molecule has 0 heterocycles. The van der Waals surface area contributed by atoms with Crippen LogP contribution in [0.2, 0.25) is 0 Å². The summed E-state index contributed by atoms with van der Waals surface area (Å²) < 4.78 is 5.15. The van der Waals surface area contributed by atoms with Gasteiger partial charge in [-0.3, -0.25) is 4.79 Å². The number of benzene rings is 1. The molecule has 2 amide bonds. The van der Waals surface area contributed by atoms with Crippen molar-refractivity contribution in [3.63, 3.8) is 0 Å². The molecule has 5 heteroatoms. The van der Waals surface area contributed by atoms with Gasteiger partial charge in [0.25, 0.3) is 0 Å². The number of carbonyl (C=O) groups is 2. The van der Waals surface area contributed by atoms with Crippen LogP contribution in [0, 0.1) is 0 Å². The van der Waals surface area contributed by atoms with Gasteiger partial charge in [0, 0.05) is 24.9 Å². The Kier molecular flexibility index (Phi) is 6.45. The van der Waals surface area contributed by atoms with Crippen LogP contribution in [0.5, 0.6) is 0 Å². The van der Waals surface area contributed by atoms with Gasteiger partial charge in [-0.1, -0.05) is 43.2 Å². The minimum atomic E-state index is -0.531. The zero-order chi connectivity index (χ0) is 18.3. The highest BCUT2D eigenvalue weighted by atomic mass is 16.6. The third-order valence-corrected chi connectivity index (χ3v) is 4.59. The number of amides is 2. The third-order valence-electron chi connectivity index (χ3n) is 4.59. The van der Waals surface area contributed by atoms with Crippen molar-refractivity contribution in [3.8, 4) is 0 Å². The van der Waals surface area contributed by atoms with Crippen LogP contribution in [-0.2, 0) is 14.9 Å². The van der Waals surface area contributed by atoms with Crippen molar-refractivity contribution in [2.24, 2.45) is 0 Å². The van der Waals surface area contributed by atoms with E-state index < -0.39 is 11.7 Å². The topological polar surface area (TPSA) is 67.4 Å². The molecule has 0 aromatic heterocycles. The molecule has 0 aliphatic heterocycles. The quantitative estimate of drug-likeness (QED) is 0.828. The molecule has 1 fully saturated rings.